The quantitative estimate of drug-likeness (QED) is 0.850. The summed E-state index contributed by atoms with van der Waals surface area (Å²) in [5.74, 6) is 0. The minimum absolute atomic E-state index is 0.718. The molecule has 2 fully saturated rings. The Morgan fingerprint density at radius 2 is 2.24 bits per heavy atom. The highest BCUT2D eigenvalue weighted by Crippen LogP contribution is 2.28. The Labute approximate surface area is 117 Å². The minimum Gasteiger partial charge on any atom is -0.308 e. The van der Waals surface area contributed by atoms with E-state index in [2.05, 4.69) is 57.1 Å². The normalized spacial score (nSPS) is 28.5. The van der Waals surface area contributed by atoms with E-state index in [-0.39, 0.29) is 0 Å². The number of hydrogen-bond acceptors (Lipinski definition) is 2. The van der Waals surface area contributed by atoms with E-state index in [1.165, 1.54) is 41.5 Å². The zero-order valence-corrected chi connectivity index (χ0v) is 12.2. The van der Waals surface area contributed by atoms with Crippen LogP contribution in [0.1, 0.15) is 24.8 Å². The monoisotopic (exact) mass is 342 g/mol. The highest BCUT2D eigenvalue weighted by molar-refractivity contribution is 14.1. The number of hydrogen-bond donors (Lipinski definition) is 1. The molecular formula is C14H19IN2. The predicted molar refractivity (Wildman–Crippen MR) is 79.0 cm³/mol. The van der Waals surface area contributed by atoms with E-state index in [0.717, 1.165) is 18.6 Å². The molecule has 0 radical (unpaired) electrons. The molecule has 0 saturated carbocycles. The van der Waals surface area contributed by atoms with Crippen molar-refractivity contribution in [2.24, 2.45) is 0 Å². The molecule has 2 atom stereocenters. The molecule has 1 N–H and O–H groups in total. The molecule has 92 valence electrons. The summed E-state index contributed by atoms with van der Waals surface area (Å²) in [7, 11) is 0. The van der Waals surface area contributed by atoms with Crippen LogP contribution in [-0.2, 0) is 6.54 Å². The zero-order valence-electron chi connectivity index (χ0n) is 10.0. The third kappa shape index (κ3) is 2.66. The van der Waals surface area contributed by atoms with Crippen LogP contribution in [0.3, 0.4) is 0 Å². The fourth-order valence-electron chi connectivity index (χ4n) is 3.22. The molecule has 0 spiro atoms. The lowest BCUT2D eigenvalue weighted by atomic mass is 10.1. The van der Waals surface area contributed by atoms with Crippen LogP contribution in [0.15, 0.2) is 24.3 Å². The molecule has 2 unspecified atom stereocenters. The standard InChI is InChI=1S/C14H19IN2/c15-12-4-1-3-11(9-12)10-16-13-6-8-17-7-2-5-14(13)17/h1,3-4,9,13-14,16H,2,5-8,10H2. The Morgan fingerprint density at radius 3 is 3.12 bits per heavy atom. The third-order valence-corrected chi connectivity index (χ3v) is 4.73. The van der Waals surface area contributed by atoms with Crippen molar-refractivity contribution in [3.05, 3.63) is 33.4 Å². The second-order valence-corrected chi connectivity index (χ2v) is 6.40. The van der Waals surface area contributed by atoms with Crippen molar-refractivity contribution in [2.45, 2.75) is 37.9 Å². The maximum absolute atomic E-state index is 3.75. The molecule has 2 aliphatic heterocycles. The van der Waals surface area contributed by atoms with E-state index in [1.54, 1.807) is 0 Å². The number of benzene rings is 1. The average molecular weight is 342 g/mol. The van der Waals surface area contributed by atoms with Gasteiger partial charge in [-0.15, -0.1) is 0 Å². The second-order valence-electron chi connectivity index (χ2n) is 5.15. The van der Waals surface area contributed by atoms with E-state index in [0.29, 0.717) is 0 Å². The van der Waals surface area contributed by atoms with Crippen molar-refractivity contribution in [2.75, 3.05) is 13.1 Å². The summed E-state index contributed by atoms with van der Waals surface area (Å²) >= 11 is 2.38. The van der Waals surface area contributed by atoms with E-state index in [9.17, 15) is 0 Å². The maximum Gasteiger partial charge on any atom is 0.0250 e. The SMILES string of the molecule is Ic1cccc(CNC2CCN3CCCC23)c1. The smallest absolute Gasteiger partial charge is 0.0250 e. The van der Waals surface area contributed by atoms with Gasteiger partial charge in [-0.05, 0) is 66.1 Å². The van der Waals surface area contributed by atoms with Crippen LogP contribution in [0.2, 0.25) is 0 Å². The molecule has 3 heteroatoms. The fraction of sp³-hybridized carbons (Fsp3) is 0.571. The molecule has 2 aliphatic rings. The summed E-state index contributed by atoms with van der Waals surface area (Å²) < 4.78 is 1.33. The largest absolute Gasteiger partial charge is 0.308 e. The molecular weight excluding hydrogens is 323 g/mol. The lowest BCUT2D eigenvalue weighted by Gasteiger charge is -2.21. The molecule has 2 nitrogen and oxygen atoms in total. The first-order chi connectivity index (χ1) is 8.33. The van der Waals surface area contributed by atoms with Crippen molar-refractivity contribution in [3.63, 3.8) is 0 Å². The molecule has 3 rings (SSSR count). The van der Waals surface area contributed by atoms with Gasteiger partial charge in [0, 0.05) is 28.7 Å². The molecule has 0 aromatic heterocycles. The first-order valence-corrected chi connectivity index (χ1v) is 7.63. The van der Waals surface area contributed by atoms with Crippen LogP contribution in [0.4, 0.5) is 0 Å². The van der Waals surface area contributed by atoms with E-state index in [1.807, 2.05) is 0 Å². The molecule has 0 amide bonds. The number of nitrogens with one attached hydrogen (secondary N) is 1. The van der Waals surface area contributed by atoms with Crippen molar-refractivity contribution in [1.82, 2.24) is 10.2 Å². The average Bonchev–Trinajstić information content (AvgIpc) is 2.89. The van der Waals surface area contributed by atoms with E-state index in [4.69, 9.17) is 0 Å². The third-order valence-electron chi connectivity index (χ3n) is 4.06. The van der Waals surface area contributed by atoms with Crippen molar-refractivity contribution in [1.29, 1.82) is 0 Å². The fourth-order valence-corrected chi connectivity index (χ4v) is 3.82. The van der Waals surface area contributed by atoms with Crippen LogP contribution < -0.4 is 5.32 Å². The first kappa shape index (κ1) is 11.9. The van der Waals surface area contributed by atoms with Gasteiger partial charge < -0.3 is 5.32 Å². The Balaban J connectivity index is 1.57. The van der Waals surface area contributed by atoms with Crippen LogP contribution in [0.5, 0.6) is 0 Å². The maximum atomic E-state index is 3.75. The number of fused-ring (bicyclic) bond motifs is 1. The number of halogens is 1. The number of nitrogens with zero attached hydrogens (tertiary/aromatic N) is 1. The van der Waals surface area contributed by atoms with Gasteiger partial charge in [-0.2, -0.15) is 0 Å². The minimum atomic E-state index is 0.718. The van der Waals surface area contributed by atoms with Gasteiger partial charge in [0.05, 0.1) is 0 Å². The van der Waals surface area contributed by atoms with Gasteiger partial charge >= 0.3 is 0 Å². The molecule has 17 heavy (non-hydrogen) atoms. The predicted octanol–water partition coefficient (Wildman–Crippen LogP) is 2.62. The molecule has 0 bridgehead atoms. The van der Waals surface area contributed by atoms with E-state index >= 15 is 0 Å². The van der Waals surface area contributed by atoms with Gasteiger partial charge in [0.15, 0.2) is 0 Å². The molecule has 2 heterocycles. The summed E-state index contributed by atoms with van der Waals surface area (Å²) in [6, 6.07) is 10.3. The van der Waals surface area contributed by atoms with Gasteiger partial charge in [-0.1, -0.05) is 12.1 Å². The van der Waals surface area contributed by atoms with Gasteiger partial charge in [-0.25, -0.2) is 0 Å². The van der Waals surface area contributed by atoms with Gasteiger partial charge in [0.25, 0.3) is 0 Å². The summed E-state index contributed by atoms with van der Waals surface area (Å²) in [5, 5.41) is 3.75. The second kappa shape index (κ2) is 5.24. The van der Waals surface area contributed by atoms with Crippen molar-refractivity contribution in [3.8, 4) is 0 Å². The lowest BCUT2D eigenvalue weighted by Crippen LogP contribution is -2.38. The van der Waals surface area contributed by atoms with Gasteiger partial charge in [-0.3, -0.25) is 4.90 Å². The first-order valence-electron chi connectivity index (χ1n) is 6.55. The van der Waals surface area contributed by atoms with Gasteiger partial charge in [0.1, 0.15) is 0 Å². The topological polar surface area (TPSA) is 15.3 Å². The Hall–Kier alpha value is -0.130. The Kier molecular flexibility index (Phi) is 3.68. The Bertz CT molecular complexity index is 394. The van der Waals surface area contributed by atoms with E-state index < -0.39 is 0 Å². The van der Waals surface area contributed by atoms with Crippen LogP contribution >= 0.6 is 22.6 Å². The number of rotatable bonds is 3. The summed E-state index contributed by atoms with van der Waals surface area (Å²) in [4.78, 5) is 2.66. The highest BCUT2D eigenvalue weighted by Gasteiger charge is 2.36. The zero-order chi connectivity index (χ0) is 11.7. The summed E-state index contributed by atoms with van der Waals surface area (Å²) in [6.45, 7) is 3.65. The van der Waals surface area contributed by atoms with Crippen molar-refractivity contribution < 1.29 is 0 Å². The molecule has 1 aromatic carbocycles. The van der Waals surface area contributed by atoms with Crippen LogP contribution in [0, 0.1) is 3.57 Å². The lowest BCUT2D eigenvalue weighted by molar-refractivity contribution is 0.298. The summed E-state index contributed by atoms with van der Waals surface area (Å²) in [5.41, 5.74) is 1.41. The van der Waals surface area contributed by atoms with Crippen LogP contribution in [-0.4, -0.2) is 30.1 Å². The highest BCUT2D eigenvalue weighted by atomic mass is 127. The molecule has 1 aromatic rings. The molecule has 0 aliphatic carbocycles. The van der Waals surface area contributed by atoms with Gasteiger partial charge in [0.2, 0.25) is 0 Å². The summed E-state index contributed by atoms with van der Waals surface area (Å²) in [6.07, 6.45) is 4.12. The Morgan fingerprint density at radius 1 is 1.29 bits per heavy atom. The molecule has 2 saturated heterocycles. The van der Waals surface area contributed by atoms with Crippen LogP contribution in [0.25, 0.3) is 0 Å². The van der Waals surface area contributed by atoms with Crippen molar-refractivity contribution >= 4 is 22.6 Å².